The van der Waals surface area contributed by atoms with Crippen molar-refractivity contribution in [3.05, 3.63) is 12.2 Å². The third-order valence-corrected chi connectivity index (χ3v) is 2.72. The van der Waals surface area contributed by atoms with Crippen LogP contribution in [0.2, 0.25) is 0 Å². The molecule has 0 saturated carbocycles. The summed E-state index contributed by atoms with van der Waals surface area (Å²) in [5.74, 6) is -0.0762. The lowest BCUT2D eigenvalue weighted by molar-refractivity contribution is -0.143. The number of allylic oxidation sites excluding steroid dienone is 2. The Labute approximate surface area is 106 Å². The van der Waals surface area contributed by atoms with Gasteiger partial charge in [0.25, 0.3) is 0 Å². The van der Waals surface area contributed by atoms with E-state index in [1.54, 1.807) is 0 Å². The SMILES string of the molecule is CCC=CCCCCCCCCOC(=O)CC. The molecule has 0 saturated heterocycles. The van der Waals surface area contributed by atoms with Crippen molar-refractivity contribution in [2.75, 3.05) is 6.61 Å². The van der Waals surface area contributed by atoms with Crippen LogP contribution in [0.4, 0.5) is 0 Å². The third kappa shape index (κ3) is 13.1. The molecular weight excluding hydrogens is 212 g/mol. The minimum absolute atomic E-state index is 0.0762. The minimum Gasteiger partial charge on any atom is -0.466 e. The largest absolute Gasteiger partial charge is 0.466 e. The quantitative estimate of drug-likeness (QED) is 0.299. The highest BCUT2D eigenvalue weighted by atomic mass is 16.5. The first kappa shape index (κ1) is 16.2. The molecule has 0 N–H and O–H groups in total. The van der Waals surface area contributed by atoms with Crippen LogP contribution in [-0.4, -0.2) is 12.6 Å². The highest BCUT2D eigenvalue weighted by molar-refractivity contribution is 5.68. The highest BCUT2D eigenvalue weighted by Gasteiger charge is 1.97. The van der Waals surface area contributed by atoms with Crippen molar-refractivity contribution in [1.29, 1.82) is 0 Å². The Morgan fingerprint density at radius 2 is 1.59 bits per heavy atom. The maximum atomic E-state index is 10.8. The van der Waals surface area contributed by atoms with E-state index < -0.39 is 0 Å². The lowest BCUT2D eigenvalue weighted by Crippen LogP contribution is -2.03. The average molecular weight is 240 g/mol. The Morgan fingerprint density at radius 1 is 0.941 bits per heavy atom. The van der Waals surface area contributed by atoms with Gasteiger partial charge in [0.05, 0.1) is 6.61 Å². The summed E-state index contributed by atoms with van der Waals surface area (Å²) < 4.78 is 5.02. The van der Waals surface area contributed by atoms with Gasteiger partial charge in [0.15, 0.2) is 0 Å². The molecule has 0 aromatic rings. The van der Waals surface area contributed by atoms with Crippen molar-refractivity contribution in [3.8, 4) is 0 Å². The van der Waals surface area contributed by atoms with E-state index in [-0.39, 0.29) is 5.97 Å². The van der Waals surface area contributed by atoms with Gasteiger partial charge in [-0.15, -0.1) is 0 Å². The van der Waals surface area contributed by atoms with Crippen LogP contribution in [0.25, 0.3) is 0 Å². The van der Waals surface area contributed by atoms with E-state index in [1.807, 2.05) is 6.92 Å². The van der Waals surface area contributed by atoms with Crippen molar-refractivity contribution in [2.45, 2.75) is 71.6 Å². The van der Waals surface area contributed by atoms with Gasteiger partial charge < -0.3 is 4.74 Å². The number of unbranched alkanes of at least 4 members (excludes halogenated alkanes) is 6. The van der Waals surface area contributed by atoms with Crippen LogP contribution in [-0.2, 0) is 9.53 Å². The van der Waals surface area contributed by atoms with E-state index in [0.29, 0.717) is 13.0 Å². The average Bonchev–Trinajstić information content (AvgIpc) is 2.35. The zero-order valence-electron chi connectivity index (χ0n) is 11.5. The molecular formula is C15H28O2. The minimum atomic E-state index is -0.0762. The standard InChI is InChI=1S/C15H28O2/c1-3-5-6-7-8-9-10-11-12-13-14-17-15(16)4-2/h5-6H,3-4,7-14H2,1-2H3. The Kier molecular flexibility index (Phi) is 12.7. The van der Waals surface area contributed by atoms with Crippen molar-refractivity contribution in [1.82, 2.24) is 0 Å². The molecule has 0 aliphatic rings. The fourth-order valence-corrected chi connectivity index (χ4v) is 1.64. The van der Waals surface area contributed by atoms with E-state index in [2.05, 4.69) is 19.1 Å². The topological polar surface area (TPSA) is 26.3 Å². The zero-order chi connectivity index (χ0) is 12.8. The van der Waals surface area contributed by atoms with Crippen LogP contribution < -0.4 is 0 Å². The lowest BCUT2D eigenvalue weighted by atomic mass is 10.1. The summed E-state index contributed by atoms with van der Waals surface area (Å²) in [6.07, 6.45) is 14.8. The van der Waals surface area contributed by atoms with Crippen molar-refractivity contribution in [2.24, 2.45) is 0 Å². The Morgan fingerprint density at radius 3 is 2.24 bits per heavy atom. The zero-order valence-corrected chi connectivity index (χ0v) is 11.5. The smallest absolute Gasteiger partial charge is 0.305 e. The van der Waals surface area contributed by atoms with Crippen LogP contribution in [0.1, 0.15) is 71.6 Å². The second-order valence-corrected chi connectivity index (χ2v) is 4.36. The van der Waals surface area contributed by atoms with E-state index in [4.69, 9.17) is 4.74 Å². The molecule has 0 atom stereocenters. The summed E-state index contributed by atoms with van der Waals surface area (Å²) in [6, 6.07) is 0. The van der Waals surface area contributed by atoms with E-state index >= 15 is 0 Å². The summed E-state index contributed by atoms with van der Waals surface area (Å²) in [5, 5.41) is 0. The first-order valence-corrected chi connectivity index (χ1v) is 7.11. The molecule has 0 aliphatic carbocycles. The predicted molar refractivity (Wildman–Crippen MR) is 73.0 cm³/mol. The molecule has 0 heterocycles. The summed E-state index contributed by atoms with van der Waals surface area (Å²) in [7, 11) is 0. The van der Waals surface area contributed by atoms with Gasteiger partial charge in [-0.05, 0) is 25.7 Å². The van der Waals surface area contributed by atoms with E-state index in [0.717, 1.165) is 12.8 Å². The first-order valence-electron chi connectivity index (χ1n) is 7.11. The molecule has 0 fully saturated rings. The Balaban J connectivity index is 3.03. The van der Waals surface area contributed by atoms with Gasteiger partial charge >= 0.3 is 5.97 Å². The second kappa shape index (κ2) is 13.3. The third-order valence-electron chi connectivity index (χ3n) is 2.72. The molecule has 0 rings (SSSR count). The van der Waals surface area contributed by atoms with Gasteiger partial charge in [-0.3, -0.25) is 4.79 Å². The fourth-order valence-electron chi connectivity index (χ4n) is 1.64. The fraction of sp³-hybridized carbons (Fsp3) is 0.800. The Hall–Kier alpha value is -0.790. The van der Waals surface area contributed by atoms with Gasteiger partial charge in [-0.2, -0.15) is 0 Å². The number of rotatable bonds is 11. The molecule has 0 bridgehead atoms. The van der Waals surface area contributed by atoms with Crippen LogP contribution in [0, 0.1) is 0 Å². The molecule has 100 valence electrons. The molecule has 17 heavy (non-hydrogen) atoms. The van der Waals surface area contributed by atoms with Gasteiger partial charge in [0.1, 0.15) is 0 Å². The van der Waals surface area contributed by atoms with Crippen LogP contribution in [0.3, 0.4) is 0 Å². The Bertz CT molecular complexity index is 197. The number of hydrogen-bond donors (Lipinski definition) is 0. The first-order chi connectivity index (χ1) is 8.31. The number of hydrogen-bond acceptors (Lipinski definition) is 2. The maximum absolute atomic E-state index is 10.8. The summed E-state index contributed by atoms with van der Waals surface area (Å²) in [6.45, 7) is 4.60. The van der Waals surface area contributed by atoms with Gasteiger partial charge in [-0.25, -0.2) is 0 Å². The molecule has 0 unspecified atom stereocenters. The molecule has 0 radical (unpaired) electrons. The van der Waals surface area contributed by atoms with Crippen LogP contribution in [0.15, 0.2) is 12.2 Å². The number of ether oxygens (including phenoxy) is 1. The maximum Gasteiger partial charge on any atom is 0.305 e. The van der Waals surface area contributed by atoms with Crippen molar-refractivity contribution in [3.63, 3.8) is 0 Å². The summed E-state index contributed by atoms with van der Waals surface area (Å²) in [5.41, 5.74) is 0. The normalized spacial score (nSPS) is 10.9. The van der Waals surface area contributed by atoms with Gasteiger partial charge in [0.2, 0.25) is 0 Å². The van der Waals surface area contributed by atoms with Gasteiger partial charge in [-0.1, -0.05) is 51.7 Å². The van der Waals surface area contributed by atoms with E-state index in [9.17, 15) is 4.79 Å². The van der Waals surface area contributed by atoms with E-state index in [1.165, 1.54) is 38.5 Å². The molecule has 0 spiro atoms. The molecule has 0 aliphatic heterocycles. The lowest BCUT2D eigenvalue weighted by Gasteiger charge is -2.03. The van der Waals surface area contributed by atoms with Gasteiger partial charge in [0, 0.05) is 6.42 Å². The highest BCUT2D eigenvalue weighted by Crippen LogP contribution is 2.08. The number of carbonyl (C=O) groups excluding carboxylic acids is 1. The monoisotopic (exact) mass is 240 g/mol. The number of carbonyl (C=O) groups is 1. The summed E-state index contributed by atoms with van der Waals surface area (Å²) in [4.78, 5) is 10.8. The van der Waals surface area contributed by atoms with Crippen LogP contribution >= 0.6 is 0 Å². The van der Waals surface area contributed by atoms with Crippen molar-refractivity contribution < 1.29 is 9.53 Å². The molecule has 2 heteroatoms. The molecule has 0 amide bonds. The van der Waals surface area contributed by atoms with Crippen molar-refractivity contribution >= 4 is 5.97 Å². The molecule has 0 aromatic carbocycles. The molecule has 2 nitrogen and oxygen atoms in total. The second-order valence-electron chi connectivity index (χ2n) is 4.36. The predicted octanol–water partition coefficient (Wildman–Crippen LogP) is 4.64. The number of esters is 1. The molecule has 0 aromatic heterocycles. The summed E-state index contributed by atoms with van der Waals surface area (Å²) >= 11 is 0. The van der Waals surface area contributed by atoms with Crippen LogP contribution in [0.5, 0.6) is 0 Å².